The van der Waals surface area contributed by atoms with Crippen molar-refractivity contribution in [3.05, 3.63) is 6.42 Å². The second-order valence-corrected chi connectivity index (χ2v) is 2.60. The van der Waals surface area contributed by atoms with E-state index in [9.17, 15) is 4.79 Å². The minimum absolute atomic E-state index is 0. The number of carboxylic acid groups (broad SMARTS) is 1. The molecule has 0 aliphatic heterocycles. The van der Waals surface area contributed by atoms with Crippen molar-refractivity contribution in [1.29, 1.82) is 0 Å². The van der Waals surface area contributed by atoms with Crippen molar-refractivity contribution < 1.29 is 9.90 Å². The van der Waals surface area contributed by atoms with Gasteiger partial charge in [-0.2, -0.15) is 0 Å². The molecule has 0 bridgehead atoms. The Labute approximate surface area is 74.8 Å². The summed E-state index contributed by atoms with van der Waals surface area (Å²) in [6.45, 7) is 2.12. The van der Waals surface area contributed by atoms with Crippen molar-refractivity contribution in [2.24, 2.45) is 0 Å². The second-order valence-electron chi connectivity index (χ2n) is 2.60. The number of rotatable bonds is 7. The van der Waals surface area contributed by atoms with E-state index < -0.39 is 5.97 Å². The van der Waals surface area contributed by atoms with Gasteiger partial charge >= 0.3 is 5.97 Å². The van der Waals surface area contributed by atoms with Crippen LogP contribution in [0, 0.1) is 6.42 Å². The van der Waals surface area contributed by atoms with Gasteiger partial charge in [0.25, 0.3) is 0 Å². The molecule has 4 N–H and O–H groups in total. The molecule has 12 heavy (non-hydrogen) atoms. The first-order valence-electron chi connectivity index (χ1n) is 4.20. The third-order valence-electron chi connectivity index (χ3n) is 1.42. The molecule has 0 spiro atoms. The van der Waals surface area contributed by atoms with E-state index in [1.54, 1.807) is 0 Å². The van der Waals surface area contributed by atoms with Crippen molar-refractivity contribution in [2.75, 3.05) is 0 Å². The molecule has 0 aromatic rings. The highest BCUT2D eigenvalue weighted by Crippen LogP contribution is 2.05. The molecule has 0 aliphatic rings. The van der Waals surface area contributed by atoms with Crippen molar-refractivity contribution in [1.82, 2.24) is 6.15 Å². The summed E-state index contributed by atoms with van der Waals surface area (Å²) in [5.41, 5.74) is 0. The number of carboxylic acids is 1. The van der Waals surface area contributed by atoms with E-state index in [4.69, 9.17) is 5.11 Å². The monoisotopic (exact) mass is 173 g/mol. The van der Waals surface area contributed by atoms with Gasteiger partial charge in [-0.3, -0.25) is 4.79 Å². The van der Waals surface area contributed by atoms with E-state index in [1.807, 2.05) is 0 Å². The fourth-order valence-electron chi connectivity index (χ4n) is 0.828. The highest BCUT2D eigenvalue weighted by Gasteiger charge is 1.95. The first kappa shape index (κ1) is 14.0. The zero-order valence-electron chi connectivity index (χ0n) is 7.81. The van der Waals surface area contributed by atoms with E-state index in [0.717, 1.165) is 32.1 Å². The standard InChI is InChI=1S/C9H16O2.H3N/c1-2-3-4-5-6-7-8-9(10)11;/h2-3,5-8H2,1H3,(H,10,11);1H3. The van der Waals surface area contributed by atoms with Crippen LogP contribution in [0.1, 0.15) is 45.4 Å². The third-order valence-corrected chi connectivity index (χ3v) is 1.42. The predicted octanol–water partition coefficient (Wildman–Crippen LogP) is 2.67. The molecule has 0 heterocycles. The van der Waals surface area contributed by atoms with Crippen molar-refractivity contribution in [3.63, 3.8) is 0 Å². The van der Waals surface area contributed by atoms with Gasteiger partial charge in [0.05, 0.1) is 0 Å². The maximum Gasteiger partial charge on any atom is 0.303 e. The Balaban J connectivity index is 0. The van der Waals surface area contributed by atoms with Crippen LogP contribution in [-0.2, 0) is 4.79 Å². The summed E-state index contributed by atoms with van der Waals surface area (Å²) in [6.07, 6.45) is 8.38. The van der Waals surface area contributed by atoms with Crippen LogP contribution in [0.4, 0.5) is 0 Å². The Morgan fingerprint density at radius 1 is 1.33 bits per heavy atom. The molecule has 2 radical (unpaired) electrons. The molecule has 0 aromatic heterocycles. The van der Waals surface area contributed by atoms with Crippen molar-refractivity contribution in [2.45, 2.75) is 45.4 Å². The zero-order valence-corrected chi connectivity index (χ0v) is 7.81. The Kier molecular flexibility index (Phi) is 12.2. The zero-order chi connectivity index (χ0) is 8.53. The molecule has 0 atom stereocenters. The summed E-state index contributed by atoms with van der Waals surface area (Å²) in [5.74, 6) is -0.694. The maximum absolute atomic E-state index is 10.1. The van der Waals surface area contributed by atoms with Crippen LogP contribution in [0.5, 0.6) is 0 Å². The fraction of sp³-hybridized carbons (Fsp3) is 0.778. The summed E-state index contributed by atoms with van der Waals surface area (Å²) in [7, 11) is 0. The molecule has 0 saturated carbocycles. The van der Waals surface area contributed by atoms with Crippen LogP contribution in [0.2, 0.25) is 0 Å². The molecule has 0 saturated heterocycles. The lowest BCUT2D eigenvalue weighted by atomic mass is 10.1. The highest BCUT2D eigenvalue weighted by atomic mass is 16.4. The first-order valence-corrected chi connectivity index (χ1v) is 4.20. The Bertz CT molecular complexity index is 105. The van der Waals surface area contributed by atoms with Gasteiger partial charge in [0, 0.05) is 6.42 Å². The van der Waals surface area contributed by atoms with Crippen LogP contribution in [0.3, 0.4) is 0 Å². The summed E-state index contributed by atoms with van der Waals surface area (Å²) < 4.78 is 0. The molecule has 72 valence electrons. The van der Waals surface area contributed by atoms with Gasteiger partial charge in [-0.1, -0.05) is 19.8 Å². The number of hydrogen-bond donors (Lipinski definition) is 2. The van der Waals surface area contributed by atoms with Gasteiger partial charge in [0.2, 0.25) is 0 Å². The summed E-state index contributed by atoms with van der Waals surface area (Å²) in [6, 6.07) is 0. The number of aliphatic carboxylic acids is 1. The van der Waals surface area contributed by atoms with Crippen LogP contribution in [0.15, 0.2) is 0 Å². The van der Waals surface area contributed by atoms with E-state index >= 15 is 0 Å². The topological polar surface area (TPSA) is 72.3 Å². The minimum Gasteiger partial charge on any atom is -0.481 e. The SMILES string of the molecule is CCC[C]CCCCC(=O)O.N. The van der Waals surface area contributed by atoms with Gasteiger partial charge in [0.1, 0.15) is 0 Å². The van der Waals surface area contributed by atoms with E-state index in [0.29, 0.717) is 6.42 Å². The highest BCUT2D eigenvalue weighted by molar-refractivity contribution is 5.66. The quantitative estimate of drug-likeness (QED) is 0.581. The summed E-state index contributed by atoms with van der Waals surface area (Å²) in [4.78, 5) is 10.1. The average molecular weight is 173 g/mol. The number of hydrogen-bond acceptors (Lipinski definition) is 2. The van der Waals surface area contributed by atoms with Gasteiger partial charge < -0.3 is 11.3 Å². The van der Waals surface area contributed by atoms with Crippen molar-refractivity contribution in [3.8, 4) is 0 Å². The van der Waals surface area contributed by atoms with Crippen LogP contribution in [0.25, 0.3) is 0 Å². The predicted molar refractivity (Wildman–Crippen MR) is 49.3 cm³/mol. The van der Waals surface area contributed by atoms with Gasteiger partial charge in [-0.05, 0) is 25.7 Å². The Hall–Kier alpha value is -0.570. The molecular formula is C9H19NO2. The average Bonchev–Trinajstić information content (AvgIpc) is 1.96. The van der Waals surface area contributed by atoms with E-state index in [1.165, 1.54) is 0 Å². The lowest BCUT2D eigenvalue weighted by molar-refractivity contribution is -0.137. The summed E-state index contributed by atoms with van der Waals surface area (Å²) in [5, 5.41) is 8.30. The lowest BCUT2D eigenvalue weighted by Gasteiger charge is -1.96. The first-order chi connectivity index (χ1) is 5.27. The minimum atomic E-state index is -0.694. The number of unbranched alkanes of at least 4 members (excludes halogenated alkanes) is 5. The normalized spacial score (nSPS) is 9.08. The van der Waals surface area contributed by atoms with Gasteiger partial charge in [-0.25, -0.2) is 0 Å². The molecular weight excluding hydrogens is 154 g/mol. The Morgan fingerprint density at radius 3 is 2.50 bits per heavy atom. The summed E-state index contributed by atoms with van der Waals surface area (Å²) >= 11 is 0. The molecule has 0 unspecified atom stereocenters. The molecule has 0 aliphatic carbocycles. The molecule has 0 aromatic carbocycles. The lowest BCUT2D eigenvalue weighted by Crippen LogP contribution is -1.93. The van der Waals surface area contributed by atoms with Gasteiger partial charge in [0.15, 0.2) is 0 Å². The molecule has 3 nitrogen and oxygen atoms in total. The number of carbonyl (C=O) groups is 1. The van der Waals surface area contributed by atoms with Crippen LogP contribution in [-0.4, -0.2) is 11.1 Å². The Morgan fingerprint density at radius 2 is 2.00 bits per heavy atom. The molecule has 0 amide bonds. The second kappa shape index (κ2) is 10.4. The molecule has 0 rings (SSSR count). The maximum atomic E-state index is 10.1. The fourth-order valence-corrected chi connectivity index (χ4v) is 0.828. The van der Waals surface area contributed by atoms with Gasteiger partial charge in [-0.15, -0.1) is 0 Å². The molecule has 3 heteroatoms. The van der Waals surface area contributed by atoms with Crippen LogP contribution < -0.4 is 6.15 Å². The van der Waals surface area contributed by atoms with Crippen molar-refractivity contribution >= 4 is 5.97 Å². The largest absolute Gasteiger partial charge is 0.481 e. The van der Waals surface area contributed by atoms with Crippen LogP contribution >= 0.6 is 0 Å². The molecule has 0 fully saturated rings. The van der Waals surface area contributed by atoms with E-state index in [2.05, 4.69) is 13.3 Å². The van der Waals surface area contributed by atoms with E-state index in [-0.39, 0.29) is 6.15 Å². The third kappa shape index (κ3) is 12.1. The smallest absolute Gasteiger partial charge is 0.303 e.